The lowest BCUT2D eigenvalue weighted by atomic mass is 10.1. The van der Waals surface area contributed by atoms with Gasteiger partial charge >= 0.3 is 6.18 Å². The summed E-state index contributed by atoms with van der Waals surface area (Å²) in [6, 6.07) is 4.96. The number of nitrogens with one attached hydrogen (secondary N) is 1. The van der Waals surface area contributed by atoms with Gasteiger partial charge in [-0.1, -0.05) is 17.9 Å². The van der Waals surface area contributed by atoms with Gasteiger partial charge in [0, 0.05) is 45.0 Å². The molecule has 0 aliphatic carbocycles. The molecule has 0 radical (unpaired) electrons. The third-order valence-electron chi connectivity index (χ3n) is 3.51. The minimum absolute atomic E-state index is 0. The van der Waals surface area contributed by atoms with Gasteiger partial charge in [-0.25, -0.2) is 0 Å². The largest absolute Gasteiger partial charge is 0.416 e. The summed E-state index contributed by atoms with van der Waals surface area (Å²) in [4.78, 5) is 6.08. The summed E-state index contributed by atoms with van der Waals surface area (Å²) in [5.41, 5.74) is 0.651. The van der Waals surface area contributed by atoms with E-state index in [-0.39, 0.29) is 30.5 Å². The van der Waals surface area contributed by atoms with E-state index in [9.17, 15) is 13.2 Å². The lowest BCUT2D eigenvalue weighted by molar-refractivity contribution is -0.137. The highest BCUT2D eigenvalue weighted by molar-refractivity contribution is 14.0. The summed E-state index contributed by atoms with van der Waals surface area (Å²) in [5, 5.41) is 7.18. The lowest BCUT2D eigenvalue weighted by Crippen LogP contribution is -2.38. The Kier molecular flexibility index (Phi) is 8.62. The standard InChI is InChI=1S/C18H20F3N5.HI/c1-22-17(25(2)12-15-11-24-26(3)13-15)23-9-5-7-14-6-4-8-16(10-14)18(19,20)21;/h4,6,8,10-11,13H,9,12H2,1-3H3,(H,22,23);1H. The van der Waals surface area contributed by atoms with Crippen LogP contribution in [0.5, 0.6) is 0 Å². The number of hydrogen-bond donors (Lipinski definition) is 1. The van der Waals surface area contributed by atoms with Gasteiger partial charge < -0.3 is 10.2 Å². The quantitative estimate of drug-likeness (QED) is 0.311. The molecule has 0 aliphatic rings. The van der Waals surface area contributed by atoms with Crippen molar-refractivity contribution < 1.29 is 13.2 Å². The SMILES string of the molecule is CN=C(NCC#Cc1cccc(C(F)(F)F)c1)N(C)Cc1cnn(C)c1.I. The molecule has 0 bridgehead atoms. The van der Waals surface area contributed by atoms with Gasteiger partial charge in [-0.15, -0.1) is 24.0 Å². The highest BCUT2D eigenvalue weighted by Crippen LogP contribution is 2.29. The van der Waals surface area contributed by atoms with Crippen LogP contribution < -0.4 is 5.32 Å². The fourth-order valence-electron chi connectivity index (χ4n) is 2.33. The van der Waals surface area contributed by atoms with Crippen LogP contribution in [0, 0.1) is 11.8 Å². The van der Waals surface area contributed by atoms with Gasteiger partial charge in [-0.3, -0.25) is 9.67 Å². The van der Waals surface area contributed by atoms with Crippen molar-refractivity contribution >= 4 is 29.9 Å². The van der Waals surface area contributed by atoms with Crippen LogP contribution in [-0.4, -0.2) is 41.3 Å². The number of aromatic nitrogens is 2. The maximum absolute atomic E-state index is 12.7. The van der Waals surface area contributed by atoms with Crippen LogP contribution in [-0.2, 0) is 19.8 Å². The van der Waals surface area contributed by atoms with E-state index in [4.69, 9.17) is 0 Å². The number of hydrogen-bond acceptors (Lipinski definition) is 2. The molecule has 0 unspecified atom stereocenters. The van der Waals surface area contributed by atoms with E-state index in [1.807, 2.05) is 25.2 Å². The van der Waals surface area contributed by atoms with Crippen molar-refractivity contribution in [1.29, 1.82) is 0 Å². The summed E-state index contributed by atoms with van der Waals surface area (Å²) in [5.74, 6) is 6.18. The van der Waals surface area contributed by atoms with Crippen LogP contribution in [0.25, 0.3) is 0 Å². The molecule has 1 N–H and O–H groups in total. The minimum atomic E-state index is -4.37. The van der Waals surface area contributed by atoms with E-state index in [1.165, 1.54) is 6.07 Å². The Morgan fingerprint density at radius 3 is 2.70 bits per heavy atom. The van der Waals surface area contributed by atoms with Crippen molar-refractivity contribution in [3.63, 3.8) is 0 Å². The fraction of sp³-hybridized carbons (Fsp3) is 0.333. The molecule has 9 heteroatoms. The zero-order chi connectivity index (χ0) is 19.2. The van der Waals surface area contributed by atoms with Crippen molar-refractivity contribution in [1.82, 2.24) is 20.0 Å². The van der Waals surface area contributed by atoms with E-state index in [2.05, 4.69) is 27.2 Å². The van der Waals surface area contributed by atoms with E-state index in [0.717, 1.165) is 17.7 Å². The Morgan fingerprint density at radius 2 is 2.11 bits per heavy atom. The molecule has 0 spiro atoms. The van der Waals surface area contributed by atoms with E-state index in [0.29, 0.717) is 18.1 Å². The van der Waals surface area contributed by atoms with Gasteiger partial charge in [0.1, 0.15) is 0 Å². The minimum Gasteiger partial charge on any atom is -0.345 e. The summed E-state index contributed by atoms with van der Waals surface area (Å²) in [6.45, 7) is 0.884. The Morgan fingerprint density at radius 1 is 1.37 bits per heavy atom. The first-order chi connectivity index (χ1) is 12.3. The zero-order valence-corrected chi connectivity index (χ0v) is 17.5. The number of halogens is 4. The van der Waals surface area contributed by atoms with Gasteiger partial charge in [-0.05, 0) is 18.2 Å². The van der Waals surface area contributed by atoms with Crippen LogP contribution >= 0.6 is 24.0 Å². The molecule has 5 nitrogen and oxygen atoms in total. The van der Waals surface area contributed by atoms with Crippen molar-refractivity contribution in [2.24, 2.45) is 12.0 Å². The first kappa shape index (κ1) is 22.8. The molecule has 0 saturated carbocycles. The molecule has 146 valence electrons. The molecule has 1 aromatic carbocycles. The molecule has 0 fully saturated rings. The number of alkyl halides is 3. The third kappa shape index (κ3) is 7.13. The van der Waals surface area contributed by atoms with E-state index >= 15 is 0 Å². The normalized spacial score (nSPS) is 11.3. The number of aliphatic imine (C=N–C) groups is 1. The second-order valence-electron chi connectivity index (χ2n) is 5.66. The molecule has 2 rings (SSSR count). The number of benzene rings is 1. The maximum atomic E-state index is 12.7. The van der Waals surface area contributed by atoms with Crippen molar-refractivity contribution in [3.05, 3.63) is 53.3 Å². The van der Waals surface area contributed by atoms with E-state index < -0.39 is 11.7 Å². The summed E-state index contributed by atoms with van der Waals surface area (Å²) < 4.78 is 39.8. The Hall–Kier alpha value is -2.22. The first-order valence-electron chi connectivity index (χ1n) is 7.85. The predicted octanol–water partition coefficient (Wildman–Crippen LogP) is 3.12. The Labute approximate surface area is 173 Å². The average molecular weight is 491 g/mol. The van der Waals surface area contributed by atoms with Gasteiger partial charge in [0.05, 0.1) is 18.3 Å². The third-order valence-corrected chi connectivity index (χ3v) is 3.51. The van der Waals surface area contributed by atoms with Crippen LogP contribution in [0.2, 0.25) is 0 Å². The summed E-state index contributed by atoms with van der Waals surface area (Å²) in [7, 11) is 5.38. The highest BCUT2D eigenvalue weighted by Gasteiger charge is 2.30. The average Bonchev–Trinajstić information content (AvgIpc) is 2.99. The van der Waals surface area contributed by atoms with E-state index in [1.54, 1.807) is 24.0 Å². The second kappa shape index (κ2) is 10.2. The van der Waals surface area contributed by atoms with Gasteiger partial charge in [0.25, 0.3) is 0 Å². The molecule has 1 heterocycles. The summed E-state index contributed by atoms with van der Waals surface area (Å²) >= 11 is 0. The topological polar surface area (TPSA) is 45.5 Å². The fourth-order valence-corrected chi connectivity index (χ4v) is 2.33. The molecule has 2 aromatic rings. The molecule has 0 aliphatic heterocycles. The lowest BCUT2D eigenvalue weighted by Gasteiger charge is -2.20. The number of guanidine groups is 1. The maximum Gasteiger partial charge on any atom is 0.416 e. The van der Waals surface area contributed by atoms with Crippen LogP contribution in [0.3, 0.4) is 0 Å². The monoisotopic (exact) mass is 491 g/mol. The van der Waals surface area contributed by atoms with Crippen molar-refractivity contribution in [2.75, 3.05) is 20.6 Å². The van der Waals surface area contributed by atoms with Crippen LogP contribution in [0.1, 0.15) is 16.7 Å². The van der Waals surface area contributed by atoms with Gasteiger partial charge in [0.2, 0.25) is 0 Å². The number of aryl methyl sites for hydroxylation is 1. The molecule has 1 aromatic heterocycles. The number of nitrogens with zero attached hydrogens (tertiary/aromatic N) is 4. The van der Waals surface area contributed by atoms with Gasteiger partial charge in [-0.2, -0.15) is 18.3 Å². The second-order valence-corrected chi connectivity index (χ2v) is 5.66. The van der Waals surface area contributed by atoms with Crippen molar-refractivity contribution in [3.8, 4) is 11.8 Å². The molecular formula is C18H21F3IN5. The van der Waals surface area contributed by atoms with Gasteiger partial charge in [0.15, 0.2) is 5.96 Å². The molecule has 0 atom stereocenters. The molecule has 0 amide bonds. The Balaban J connectivity index is 0.00000364. The Bertz CT molecular complexity index is 833. The molecular weight excluding hydrogens is 470 g/mol. The smallest absolute Gasteiger partial charge is 0.345 e. The highest BCUT2D eigenvalue weighted by atomic mass is 127. The van der Waals surface area contributed by atoms with Crippen LogP contribution in [0.15, 0.2) is 41.7 Å². The zero-order valence-electron chi connectivity index (χ0n) is 15.2. The first-order valence-corrected chi connectivity index (χ1v) is 7.85. The molecule has 27 heavy (non-hydrogen) atoms. The van der Waals surface area contributed by atoms with Crippen molar-refractivity contribution in [2.45, 2.75) is 12.7 Å². The summed E-state index contributed by atoms with van der Waals surface area (Å²) in [6.07, 6.45) is -0.679. The van der Waals surface area contributed by atoms with Crippen LogP contribution in [0.4, 0.5) is 13.2 Å². The number of rotatable bonds is 3. The molecule has 0 saturated heterocycles. The predicted molar refractivity (Wildman–Crippen MR) is 110 cm³/mol.